The lowest BCUT2D eigenvalue weighted by Gasteiger charge is -2.21. The van der Waals surface area contributed by atoms with E-state index in [2.05, 4.69) is 10.6 Å². The molecule has 0 unspecified atom stereocenters. The number of hydrogen-bond donors (Lipinski definition) is 2. The highest BCUT2D eigenvalue weighted by molar-refractivity contribution is 8.00. The molecule has 154 valence electrons. The first-order valence-electron chi connectivity index (χ1n) is 9.10. The van der Waals surface area contributed by atoms with Gasteiger partial charge in [-0.2, -0.15) is 0 Å². The zero-order valence-electron chi connectivity index (χ0n) is 16.6. The van der Waals surface area contributed by atoms with Crippen LogP contribution in [0.2, 0.25) is 0 Å². The van der Waals surface area contributed by atoms with Gasteiger partial charge in [0.15, 0.2) is 0 Å². The molecule has 1 aliphatic rings. The fourth-order valence-corrected chi connectivity index (χ4v) is 3.40. The number of nitrogens with one attached hydrogen (secondary N) is 2. The molecular formula is C19H27N3O5S. The monoisotopic (exact) mass is 409 g/mol. The van der Waals surface area contributed by atoms with Crippen LogP contribution in [-0.4, -0.2) is 66.8 Å². The van der Waals surface area contributed by atoms with E-state index in [9.17, 15) is 14.4 Å². The predicted octanol–water partition coefficient (Wildman–Crippen LogP) is 1.39. The second kappa shape index (κ2) is 10.3. The number of esters is 1. The fourth-order valence-electron chi connectivity index (χ4n) is 2.47. The van der Waals surface area contributed by atoms with Gasteiger partial charge >= 0.3 is 12.1 Å². The maximum absolute atomic E-state index is 12.5. The van der Waals surface area contributed by atoms with Crippen LogP contribution in [0.15, 0.2) is 24.3 Å². The van der Waals surface area contributed by atoms with Crippen LogP contribution in [-0.2, 0) is 20.7 Å². The molecular weight excluding hydrogens is 382 g/mol. The summed E-state index contributed by atoms with van der Waals surface area (Å²) in [6.07, 6.45) is -0.477. The maximum atomic E-state index is 12.5. The van der Waals surface area contributed by atoms with Crippen LogP contribution >= 0.6 is 11.8 Å². The fraction of sp³-hybridized carbons (Fsp3) is 0.526. The number of nitrogens with zero attached hydrogens (tertiary/aromatic N) is 1. The molecule has 0 aromatic heterocycles. The summed E-state index contributed by atoms with van der Waals surface area (Å²) in [7, 11) is 3.20. The lowest BCUT2D eigenvalue weighted by atomic mass is 10.1. The SMILES string of the molecule is CC(C)OC(=O)[C@H](Cc1ccc(OC(=O)N(C)C)cc1)NC(=O)[C@H]1NCCS1. The van der Waals surface area contributed by atoms with Gasteiger partial charge in [0.1, 0.15) is 17.2 Å². The minimum Gasteiger partial charge on any atom is -0.461 e. The molecule has 1 saturated heterocycles. The Balaban J connectivity index is 2.04. The summed E-state index contributed by atoms with van der Waals surface area (Å²) >= 11 is 1.51. The molecule has 9 heteroatoms. The highest BCUT2D eigenvalue weighted by Crippen LogP contribution is 2.17. The highest BCUT2D eigenvalue weighted by atomic mass is 32.2. The van der Waals surface area contributed by atoms with E-state index in [1.165, 1.54) is 16.7 Å². The zero-order valence-corrected chi connectivity index (χ0v) is 17.4. The van der Waals surface area contributed by atoms with Crippen molar-refractivity contribution in [1.29, 1.82) is 0 Å². The molecule has 8 nitrogen and oxygen atoms in total. The van der Waals surface area contributed by atoms with Crippen LogP contribution in [0.5, 0.6) is 5.75 Å². The van der Waals surface area contributed by atoms with E-state index in [4.69, 9.17) is 9.47 Å². The van der Waals surface area contributed by atoms with Gasteiger partial charge in [0.05, 0.1) is 6.10 Å². The van der Waals surface area contributed by atoms with E-state index in [-0.39, 0.29) is 23.8 Å². The lowest BCUT2D eigenvalue weighted by molar-refractivity contribution is -0.151. The van der Waals surface area contributed by atoms with Crippen LogP contribution in [0, 0.1) is 0 Å². The quantitative estimate of drug-likeness (QED) is 0.657. The van der Waals surface area contributed by atoms with Crippen molar-refractivity contribution in [1.82, 2.24) is 15.5 Å². The Morgan fingerprint density at radius 1 is 1.25 bits per heavy atom. The molecule has 2 amide bonds. The van der Waals surface area contributed by atoms with Crippen molar-refractivity contribution in [2.75, 3.05) is 26.4 Å². The number of benzene rings is 1. The van der Waals surface area contributed by atoms with Gasteiger partial charge in [-0.05, 0) is 31.5 Å². The van der Waals surface area contributed by atoms with Crippen molar-refractivity contribution in [2.24, 2.45) is 0 Å². The number of amides is 2. The maximum Gasteiger partial charge on any atom is 0.414 e. The molecule has 0 spiro atoms. The summed E-state index contributed by atoms with van der Waals surface area (Å²) in [6, 6.07) is 6.01. The van der Waals surface area contributed by atoms with E-state index in [0.29, 0.717) is 5.75 Å². The van der Waals surface area contributed by atoms with Crippen molar-refractivity contribution in [3.8, 4) is 5.75 Å². The molecule has 0 radical (unpaired) electrons. The number of carbonyl (C=O) groups is 3. The van der Waals surface area contributed by atoms with Crippen LogP contribution in [0.4, 0.5) is 4.79 Å². The summed E-state index contributed by atoms with van der Waals surface area (Å²) in [6.45, 7) is 4.29. The first kappa shape index (κ1) is 22.0. The molecule has 28 heavy (non-hydrogen) atoms. The normalized spacial score (nSPS) is 17.1. The molecule has 2 N–H and O–H groups in total. The Kier molecular flexibility index (Phi) is 8.13. The van der Waals surface area contributed by atoms with Gasteiger partial charge in [0.25, 0.3) is 0 Å². The molecule has 0 aliphatic carbocycles. The van der Waals surface area contributed by atoms with Gasteiger partial charge in [-0.1, -0.05) is 12.1 Å². The number of thioether (sulfide) groups is 1. The summed E-state index contributed by atoms with van der Waals surface area (Å²) < 4.78 is 10.5. The first-order valence-corrected chi connectivity index (χ1v) is 10.1. The first-order chi connectivity index (χ1) is 13.3. The van der Waals surface area contributed by atoms with Gasteiger partial charge in [0, 0.05) is 32.8 Å². The van der Waals surface area contributed by atoms with Crippen molar-refractivity contribution in [2.45, 2.75) is 37.8 Å². The number of rotatable bonds is 7. The topological polar surface area (TPSA) is 97.0 Å². The van der Waals surface area contributed by atoms with Crippen LogP contribution < -0.4 is 15.4 Å². The van der Waals surface area contributed by atoms with Gasteiger partial charge in [-0.15, -0.1) is 11.8 Å². The molecule has 1 aliphatic heterocycles. The Bertz CT molecular complexity index is 687. The largest absolute Gasteiger partial charge is 0.461 e. The predicted molar refractivity (Wildman–Crippen MR) is 107 cm³/mol. The second-order valence-corrected chi connectivity index (χ2v) is 8.08. The van der Waals surface area contributed by atoms with Crippen molar-refractivity contribution < 1.29 is 23.9 Å². The Morgan fingerprint density at radius 2 is 1.93 bits per heavy atom. The van der Waals surface area contributed by atoms with E-state index in [1.807, 2.05) is 0 Å². The summed E-state index contributed by atoms with van der Waals surface area (Å²) in [5.41, 5.74) is 0.808. The number of ether oxygens (including phenoxy) is 2. The highest BCUT2D eigenvalue weighted by Gasteiger charge is 2.29. The van der Waals surface area contributed by atoms with Crippen molar-refractivity contribution in [3.05, 3.63) is 29.8 Å². The Morgan fingerprint density at radius 3 is 2.46 bits per heavy atom. The molecule has 2 atom stereocenters. The van der Waals surface area contributed by atoms with Gasteiger partial charge in [-0.25, -0.2) is 9.59 Å². The van der Waals surface area contributed by atoms with Gasteiger partial charge in [-0.3, -0.25) is 10.1 Å². The Hall–Kier alpha value is -2.26. The molecule has 0 saturated carbocycles. The second-order valence-electron chi connectivity index (χ2n) is 6.86. The number of hydrogen-bond acceptors (Lipinski definition) is 7. The molecule has 1 aromatic carbocycles. The summed E-state index contributed by atoms with van der Waals surface area (Å²) in [4.78, 5) is 37.8. The van der Waals surface area contributed by atoms with E-state index < -0.39 is 18.1 Å². The van der Waals surface area contributed by atoms with Crippen molar-refractivity contribution in [3.63, 3.8) is 0 Å². The average molecular weight is 410 g/mol. The molecule has 1 aromatic rings. The smallest absolute Gasteiger partial charge is 0.414 e. The number of carbonyl (C=O) groups excluding carboxylic acids is 3. The molecule has 1 heterocycles. The molecule has 0 bridgehead atoms. The van der Waals surface area contributed by atoms with Crippen LogP contribution in [0.3, 0.4) is 0 Å². The molecule has 2 rings (SSSR count). The van der Waals surface area contributed by atoms with Crippen LogP contribution in [0.1, 0.15) is 19.4 Å². The van der Waals surface area contributed by atoms with E-state index in [1.54, 1.807) is 52.2 Å². The minimum atomic E-state index is -0.798. The van der Waals surface area contributed by atoms with E-state index >= 15 is 0 Å². The summed E-state index contributed by atoms with van der Waals surface area (Å²) in [5, 5.41) is 5.51. The molecule has 1 fully saturated rings. The lowest BCUT2D eigenvalue weighted by Crippen LogP contribution is -2.49. The summed E-state index contributed by atoms with van der Waals surface area (Å²) in [5.74, 6) is 0.547. The third-order valence-corrected chi connectivity index (χ3v) is 4.99. The third kappa shape index (κ3) is 6.72. The van der Waals surface area contributed by atoms with Crippen molar-refractivity contribution >= 4 is 29.7 Å². The van der Waals surface area contributed by atoms with Crippen LogP contribution in [0.25, 0.3) is 0 Å². The third-order valence-electron chi connectivity index (χ3n) is 3.84. The average Bonchev–Trinajstić information content (AvgIpc) is 3.16. The minimum absolute atomic E-state index is 0.232. The van der Waals surface area contributed by atoms with Gasteiger partial charge in [0.2, 0.25) is 5.91 Å². The van der Waals surface area contributed by atoms with E-state index in [0.717, 1.165) is 17.9 Å². The standard InChI is InChI=1S/C19H27N3O5S/c1-12(2)26-18(24)15(21-16(23)17-20-9-10-28-17)11-13-5-7-14(8-6-13)27-19(25)22(3)4/h5-8,12,15,17,20H,9-11H2,1-4H3,(H,21,23)/t15-,17-/m0/s1. The Labute approximate surface area is 169 Å². The van der Waals surface area contributed by atoms with Gasteiger partial charge < -0.3 is 19.7 Å². The zero-order chi connectivity index (χ0) is 20.7.